The Bertz CT molecular complexity index is 2220. The summed E-state index contributed by atoms with van der Waals surface area (Å²) in [5, 5.41) is 8.90. The van der Waals surface area contributed by atoms with Crippen LogP contribution in [0.15, 0.2) is 72.8 Å². The minimum atomic E-state index is -1.33. The van der Waals surface area contributed by atoms with Crippen LogP contribution in [0.1, 0.15) is 94.5 Å². The summed E-state index contributed by atoms with van der Waals surface area (Å²) in [6.07, 6.45) is 7.35. The number of amides is 5. The van der Waals surface area contributed by atoms with Gasteiger partial charge in [-0.15, -0.1) is 12.3 Å². The Morgan fingerprint density at radius 1 is 0.809 bits per heavy atom. The van der Waals surface area contributed by atoms with Gasteiger partial charge in [-0.2, -0.15) is 0 Å². The quantitative estimate of drug-likeness (QED) is 0.0343. The first-order chi connectivity index (χ1) is 32.4. The van der Waals surface area contributed by atoms with Crippen LogP contribution in [0.3, 0.4) is 0 Å². The van der Waals surface area contributed by atoms with Crippen LogP contribution in [0.25, 0.3) is 0 Å². The minimum Gasteiger partial charge on any atom is -0.426 e. The van der Waals surface area contributed by atoms with E-state index in [1.807, 2.05) is 100 Å². The van der Waals surface area contributed by atoms with E-state index >= 15 is 9.59 Å². The molecule has 0 bridgehead atoms. The maximum Gasteiger partial charge on any atom is 0.312 e. The van der Waals surface area contributed by atoms with Gasteiger partial charge in [-0.3, -0.25) is 33.7 Å². The fourth-order valence-electron chi connectivity index (χ4n) is 8.63. The van der Waals surface area contributed by atoms with Gasteiger partial charge in [-0.25, -0.2) is 0 Å². The van der Waals surface area contributed by atoms with E-state index in [1.54, 1.807) is 6.92 Å². The number of epoxide rings is 1. The van der Waals surface area contributed by atoms with Crippen molar-refractivity contribution in [2.24, 2.45) is 11.8 Å². The van der Waals surface area contributed by atoms with Crippen LogP contribution in [0.5, 0.6) is 5.75 Å². The first-order valence-corrected chi connectivity index (χ1v) is 24.1. The predicted molar refractivity (Wildman–Crippen MR) is 260 cm³/mol. The van der Waals surface area contributed by atoms with Gasteiger partial charge in [-0.05, 0) is 92.7 Å². The molecule has 2 heterocycles. The molecule has 3 aromatic rings. The molecule has 0 aromatic heterocycles. The maximum absolute atomic E-state index is 15.2. The first kappa shape index (κ1) is 53.1. The molecule has 5 amide bonds. The number of benzene rings is 3. The van der Waals surface area contributed by atoms with Crippen molar-refractivity contribution in [3.63, 3.8) is 0 Å². The summed E-state index contributed by atoms with van der Waals surface area (Å²) < 4.78 is 17.4. The Labute approximate surface area is 402 Å². The lowest BCUT2D eigenvalue weighted by molar-refractivity contribution is -0.940. The van der Waals surface area contributed by atoms with Crippen molar-refractivity contribution in [2.75, 3.05) is 46.0 Å². The van der Waals surface area contributed by atoms with E-state index in [0.717, 1.165) is 39.1 Å². The van der Waals surface area contributed by atoms with Crippen molar-refractivity contribution >= 4 is 35.5 Å². The smallest absolute Gasteiger partial charge is 0.312 e. The molecule has 0 radical (unpaired) electrons. The number of ether oxygens (including phenoxy) is 3. The molecule has 5 rings (SSSR count). The molecule has 14 nitrogen and oxygen atoms in total. The Balaban J connectivity index is 1.47. The number of aryl methyl sites for hydroxylation is 3. The molecule has 2 aliphatic heterocycles. The van der Waals surface area contributed by atoms with Gasteiger partial charge in [0, 0.05) is 24.9 Å². The zero-order valence-electron chi connectivity index (χ0n) is 41.1. The summed E-state index contributed by atoms with van der Waals surface area (Å²) in [6, 6.07) is 19.4. The third-order valence-electron chi connectivity index (χ3n) is 12.6. The van der Waals surface area contributed by atoms with Gasteiger partial charge in [0.2, 0.25) is 17.7 Å². The minimum absolute atomic E-state index is 0.0630. The summed E-state index contributed by atoms with van der Waals surface area (Å²) in [7, 11) is 0. The molecule has 2 fully saturated rings. The highest BCUT2D eigenvalue weighted by Gasteiger charge is 2.54. The van der Waals surface area contributed by atoms with Crippen LogP contribution in [0, 0.1) is 38.0 Å². The lowest BCUT2D eigenvalue weighted by Gasteiger charge is -2.42. The molecule has 0 aliphatic carbocycles. The normalized spacial score (nSPS) is 17.5. The molecule has 14 heteroatoms. The second kappa shape index (κ2) is 24.9. The highest BCUT2D eigenvalue weighted by molar-refractivity contribution is 6.05. The molecular weight excluding hydrogens is 863 g/mol. The van der Waals surface area contributed by atoms with E-state index in [9.17, 15) is 19.2 Å². The molecule has 0 unspecified atom stereocenters. The van der Waals surface area contributed by atoms with Crippen molar-refractivity contribution < 1.29 is 47.5 Å². The third kappa shape index (κ3) is 15.6. The van der Waals surface area contributed by atoms with Crippen LogP contribution >= 0.6 is 0 Å². The lowest BCUT2D eigenvalue weighted by atomic mass is 9.98. The zero-order chi connectivity index (χ0) is 49.4. The average Bonchev–Trinajstić information content (AvgIpc) is 4.06. The topological polar surface area (TPSA) is 173 Å². The maximum atomic E-state index is 15.2. The fraction of sp³-hybridized carbons (Fsp3) is 0.519. The number of hydrogen-bond donors (Lipinski definition) is 3. The Hall–Kier alpha value is -5.88. The first-order valence-electron chi connectivity index (χ1n) is 24.1. The number of carbonyl (C=O) groups is 6. The molecule has 366 valence electrons. The van der Waals surface area contributed by atoms with Gasteiger partial charge in [0.15, 0.2) is 12.1 Å². The zero-order valence-corrected chi connectivity index (χ0v) is 41.1. The van der Waals surface area contributed by atoms with Crippen LogP contribution in [-0.4, -0.2) is 115 Å². The van der Waals surface area contributed by atoms with Gasteiger partial charge >= 0.3 is 5.97 Å². The van der Waals surface area contributed by atoms with E-state index in [4.69, 9.17) is 20.6 Å². The standard InChI is InChI=1S/C54H71N5O9/c1-9-10-21-48(61)68-49-39(6)31-43(32-40(49)7)34-59(26-28-66-29-27-59)35-47(60)58(53(65)54(8)36-67-54)46(23-22-41-17-13-11-14-18-41)52(64)57-44(30-38(4)5)51(63)56-45(33-42-19-15-12-16-20-42)50(62)55-25-24-37(2)3/h1,11-20,31-32,37-38,44-46H,10,21-30,33-36H2,2-8H3,(H2-,55,56,57,62,63,64)/p+1/t44-,45-,46-,54+/m0/s1. The van der Waals surface area contributed by atoms with Gasteiger partial charge in [-0.1, -0.05) is 88.4 Å². The number of morpholine rings is 1. The van der Waals surface area contributed by atoms with Crippen molar-refractivity contribution in [3.8, 4) is 18.1 Å². The number of nitrogens with zero attached hydrogens (tertiary/aromatic N) is 2. The molecule has 0 spiro atoms. The second-order valence-corrected chi connectivity index (χ2v) is 19.5. The van der Waals surface area contributed by atoms with Crippen LogP contribution < -0.4 is 20.7 Å². The predicted octanol–water partition coefficient (Wildman–Crippen LogP) is 5.54. The summed E-state index contributed by atoms with van der Waals surface area (Å²) in [5.74, 6) is 0.0700. The highest BCUT2D eigenvalue weighted by atomic mass is 16.6. The van der Waals surface area contributed by atoms with Crippen LogP contribution in [0.4, 0.5) is 0 Å². The Kier molecular flexibility index (Phi) is 19.5. The summed E-state index contributed by atoms with van der Waals surface area (Å²) in [5.41, 5.74) is 2.83. The number of nitrogens with one attached hydrogen (secondary N) is 3. The van der Waals surface area contributed by atoms with Crippen molar-refractivity contribution in [1.82, 2.24) is 20.9 Å². The van der Waals surface area contributed by atoms with Gasteiger partial charge < -0.3 is 34.6 Å². The second-order valence-electron chi connectivity index (χ2n) is 19.5. The number of esters is 1. The van der Waals surface area contributed by atoms with E-state index in [-0.39, 0.29) is 61.6 Å². The molecular formula is C54H72N5O9+. The molecule has 2 aliphatic rings. The lowest BCUT2D eigenvalue weighted by Crippen LogP contribution is -2.64. The number of hydrogen-bond acceptors (Lipinski definition) is 9. The SMILES string of the molecule is C#CCCC(=O)Oc1c(C)cc(C[N+]2(CC(=O)N(C(=O)[C@@]3(C)CO3)[C@@H](CCc3ccccc3)C(=O)N[C@@H](CC(C)C)C(=O)N[C@@H](Cc3ccccc3)C(=O)NCCC(C)C)CCOCC2)cc1C. The monoisotopic (exact) mass is 935 g/mol. The number of carbonyl (C=O) groups excluding carboxylic acids is 6. The van der Waals surface area contributed by atoms with Crippen LogP contribution in [0.2, 0.25) is 0 Å². The summed E-state index contributed by atoms with van der Waals surface area (Å²) in [6.45, 7) is 15.8. The molecule has 68 heavy (non-hydrogen) atoms. The van der Waals surface area contributed by atoms with E-state index in [0.29, 0.717) is 57.5 Å². The largest absolute Gasteiger partial charge is 0.426 e. The van der Waals surface area contributed by atoms with E-state index in [2.05, 4.69) is 35.7 Å². The van der Waals surface area contributed by atoms with Gasteiger partial charge in [0.1, 0.15) is 43.5 Å². The molecule has 4 atom stereocenters. The number of terminal acetylenes is 1. The van der Waals surface area contributed by atoms with Crippen molar-refractivity contribution in [3.05, 3.63) is 101 Å². The number of rotatable bonds is 24. The molecule has 0 saturated carbocycles. The molecule has 3 aromatic carbocycles. The van der Waals surface area contributed by atoms with Crippen molar-refractivity contribution in [2.45, 2.75) is 124 Å². The number of imide groups is 1. The Morgan fingerprint density at radius 2 is 1.41 bits per heavy atom. The highest BCUT2D eigenvalue weighted by Crippen LogP contribution is 2.32. The van der Waals surface area contributed by atoms with Crippen molar-refractivity contribution in [1.29, 1.82) is 0 Å². The van der Waals surface area contributed by atoms with Crippen LogP contribution in [-0.2, 0) is 57.6 Å². The van der Waals surface area contributed by atoms with Gasteiger partial charge in [0.25, 0.3) is 11.8 Å². The summed E-state index contributed by atoms with van der Waals surface area (Å²) >= 11 is 0. The fourth-order valence-corrected chi connectivity index (χ4v) is 8.63. The molecule has 3 N–H and O–H groups in total. The summed E-state index contributed by atoms with van der Waals surface area (Å²) in [4.78, 5) is 86.7. The number of quaternary nitrogens is 1. The molecule has 2 saturated heterocycles. The van der Waals surface area contributed by atoms with Gasteiger partial charge in [0.05, 0.1) is 26.2 Å². The van der Waals surface area contributed by atoms with E-state index < -0.39 is 53.3 Å². The third-order valence-corrected chi connectivity index (χ3v) is 12.6. The van der Waals surface area contributed by atoms with E-state index in [1.165, 1.54) is 0 Å². The Morgan fingerprint density at radius 3 is 1.99 bits per heavy atom. The average molecular weight is 935 g/mol.